The number of H-pyrrole nitrogens is 1. The van der Waals surface area contributed by atoms with E-state index in [2.05, 4.69) is 25.5 Å². The van der Waals surface area contributed by atoms with Gasteiger partial charge < -0.3 is 4.74 Å². The first-order valence-corrected chi connectivity index (χ1v) is 8.28. The number of carbonyl (C=O) groups is 2. The van der Waals surface area contributed by atoms with Gasteiger partial charge in [-0.15, -0.1) is 0 Å². The first kappa shape index (κ1) is 18.3. The van der Waals surface area contributed by atoms with Crippen LogP contribution in [0.15, 0.2) is 59.7 Å². The molecule has 0 unspecified atom stereocenters. The Balaban J connectivity index is 1.61. The van der Waals surface area contributed by atoms with Crippen LogP contribution in [-0.4, -0.2) is 35.4 Å². The average Bonchev–Trinajstić information content (AvgIpc) is 3.19. The summed E-state index contributed by atoms with van der Waals surface area (Å²) < 4.78 is 4.63. The van der Waals surface area contributed by atoms with Gasteiger partial charge in [0.05, 0.1) is 24.6 Å². The SMILES string of the molecule is COC(=O)c1ccc(C=NNC(=O)c2cc(-c3ccc(Cl)cc3)n[nH]2)cc1. The Morgan fingerprint density at radius 3 is 2.52 bits per heavy atom. The first-order chi connectivity index (χ1) is 13.1. The Morgan fingerprint density at radius 2 is 1.85 bits per heavy atom. The molecule has 2 N–H and O–H groups in total. The smallest absolute Gasteiger partial charge is 0.337 e. The number of rotatable bonds is 5. The number of hydrazone groups is 1. The van der Waals surface area contributed by atoms with Crippen LogP contribution in [0, 0.1) is 0 Å². The molecule has 0 aliphatic carbocycles. The number of hydrogen-bond donors (Lipinski definition) is 2. The van der Waals surface area contributed by atoms with Crippen molar-refractivity contribution in [3.8, 4) is 11.3 Å². The quantitative estimate of drug-likeness (QED) is 0.402. The summed E-state index contributed by atoms with van der Waals surface area (Å²) in [5.74, 6) is -0.840. The number of esters is 1. The van der Waals surface area contributed by atoms with E-state index in [1.165, 1.54) is 13.3 Å². The van der Waals surface area contributed by atoms with Crippen LogP contribution in [0.5, 0.6) is 0 Å². The second-order valence-electron chi connectivity index (χ2n) is 5.49. The van der Waals surface area contributed by atoms with Gasteiger partial charge >= 0.3 is 5.97 Å². The van der Waals surface area contributed by atoms with Crippen molar-refractivity contribution in [2.75, 3.05) is 7.11 Å². The third-order valence-corrected chi connectivity index (χ3v) is 3.93. The number of nitrogens with zero attached hydrogens (tertiary/aromatic N) is 2. The van der Waals surface area contributed by atoms with Crippen molar-refractivity contribution in [3.05, 3.63) is 76.4 Å². The molecule has 0 bridgehead atoms. The summed E-state index contributed by atoms with van der Waals surface area (Å²) >= 11 is 5.86. The van der Waals surface area contributed by atoms with E-state index in [1.807, 2.05) is 12.1 Å². The summed E-state index contributed by atoms with van der Waals surface area (Å²) in [5, 5.41) is 11.3. The summed E-state index contributed by atoms with van der Waals surface area (Å²) in [4.78, 5) is 23.5. The highest BCUT2D eigenvalue weighted by atomic mass is 35.5. The van der Waals surface area contributed by atoms with Crippen LogP contribution in [0.3, 0.4) is 0 Å². The molecule has 0 saturated heterocycles. The number of methoxy groups -OCH3 is 1. The van der Waals surface area contributed by atoms with Gasteiger partial charge in [-0.25, -0.2) is 10.2 Å². The summed E-state index contributed by atoms with van der Waals surface area (Å²) in [6.07, 6.45) is 1.47. The standard InChI is InChI=1S/C19H15ClN4O3/c1-27-19(26)14-4-2-12(3-5-14)11-21-24-18(25)17-10-16(22-23-17)13-6-8-15(20)9-7-13/h2-11H,1H3,(H,22,23)(H,24,25). The molecular weight excluding hydrogens is 368 g/mol. The lowest BCUT2D eigenvalue weighted by Gasteiger charge is -1.99. The van der Waals surface area contributed by atoms with Crippen molar-refractivity contribution in [1.82, 2.24) is 15.6 Å². The molecule has 0 radical (unpaired) electrons. The van der Waals surface area contributed by atoms with E-state index < -0.39 is 11.9 Å². The second kappa shape index (κ2) is 8.29. The molecule has 8 heteroatoms. The zero-order chi connectivity index (χ0) is 19.2. The lowest BCUT2D eigenvalue weighted by Crippen LogP contribution is -2.18. The van der Waals surface area contributed by atoms with E-state index in [9.17, 15) is 9.59 Å². The molecule has 0 saturated carbocycles. The van der Waals surface area contributed by atoms with Gasteiger partial charge in [0.25, 0.3) is 5.91 Å². The minimum absolute atomic E-state index is 0.276. The van der Waals surface area contributed by atoms with Gasteiger partial charge in [0.15, 0.2) is 0 Å². The Hall–Kier alpha value is -3.45. The second-order valence-corrected chi connectivity index (χ2v) is 5.92. The average molecular weight is 383 g/mol. The summed E-state index contributed by atoms with van der Waals surface area (Å²) in [7, 11) is 1.32. The molecule has 0 fully saturated rings. The molecular formula is C19H15ClN4O3. The molecule has 27 heavy (non-hydrogen) atoms. The van der Waals surface area contributed by atoms with Gasteiger partial charge in [-0.3, -0.25) is 9.89 Å². The fraction of sp³-hybridized carbons (Fsp3) is 0.0526. The van der Waals surface area contributed by atoms with E-state index in [4.69, 9.17) is 11.6 Å². The topological polar surface area (TPSA) is 96.4 Å². The van der Waals surface area contributed by atoms with Crippen molar-refractivity contribution in [3.63, 3.8) is 0 Å². The minimum Gasteiger partial charge on any atom is -0.465 e. The van der Waals surface area contributed by atoms with Gasteiger partial charge in [0, 0.05) is 10.6 Å². The first-order valence-electron chi connectivity index (χ1n) is 7.90. The van der Waals surface area contributed by atoms with E-state index in [-0.39, 0.29) is 5.69 Å². The van der Waals surface area contributed by atoms with Gasteiger partial charge in [0.2, 0.25) is 0 Å². The molecule has 1 heterocycles. The number of carbonyl (C=O) groups excluding carboxylic acids is 2. The summed E-state index contributed by atoms with van der Waals surface area (Å²) in [6.45, 7) is 0. The van der Waals surface area contributed by atoms with E-state index >= 15 is 0 Å². The summed E-state index contributed by atoms with van der Waals surface area (Å²) in [6, 6.07) is 15.4. The Kier molecular flexibility index (Phi) is 5.63. The molecule has 0 atom stereocenters. The lowest BCUT2D eigenvalue weighted by atomic mass is 10.1. The molecule has 1 amide bonds. The fourth-order valence-corrected chi connectivity index (χ4v) is 2.38. The normalized spacial score (nSPS) is 10.7. The molecule has 0 spiro atoms. The van der Waals surface area contributed by atoms with Crippen molar-refractivity contribution in [1.29, 1.82) is 0 Å². The van der Waals surface area contributed by atoms with Gasteiger partial charge in [-0.2, -0.15) is 10.2 Å². The van der Waals surface area contributed by atoms with Crippen LogP contribution in [0.4, 0.5) is 0 Å². The number of aromatic amines is 1. The Bertz CT molecular complexity index is 979. The van der Waals surface area contributed by atoms with Crippen molar-refractivity contribution < 1.29 is 14.3 Å². The number of amides is 1. The van der Waals surface area contributed by atoms with Crippen LogP contribution in [0.2, 0.25) is 5.02 Å². The van der Waals surface area contributed by atoms with Gasteiger partial charge in [-0.1, -0.05) is 35.9 Å². The maximum absolute atomic E-state index is 12.1. The maximum Gasteiger partial charge on any atom is 0.337 e. The monoisotopic (exact) mass is 382 g/mol. The number of aromatic nitrogens is 2. The molecule has 3 rings (SSSR count). The number of nitrogens with one attached hydrogen (secondary N) is 2. The molecule has 2 aromatic carbocycles. The highest BCUT2D eigenvalue weighted by Gasteiger charge is 2.10. The number of halogens is 1. The van der Waals surface area contributed by atoms with Crippen LogP contribution in [0.1, 0.15) is 26.4 Å². The number of benzene rings is 2. The molecule has 3 aromatic rings. The zero-order valence-corrected chi connectivity index (χ0v) is 15.0. The van der Waals surface area contributed by atoms with Crippen LogP contribution in [-0.2, 0) is 4.74 Å². The molecule has 1 aromatic heterocycles. The van der Waals surface area contributed by atoms with Crippen LogP contribution in [0.25, 0.3) is 11.3 Å². The Morgan fingerprint density at radius 1 is 1.15 bits per heavy atom. The molecule has 0 aliphatic heterocycles. The minimum atomic E-state index is -0.426. The predicted octanol–water partition coefficient (Wildman–Crippen LogP) is 3.28. The highest BCUT2D eigenvalue weighted by Crippen LogP contribution is 2.20. The molecule has 0 aliphatic rings. The zero-order valence-electron chi connectivity index (χ0n) is 14.3. The molecule has 7 nitrogen and oxygen atoms in total. The maximum atomic E-state index is 12.1. The Labute approximate surface area is 160 Å². The predicted molar refractivity (Wildman–Crippen MR) is 102 cm³/mol. The lowest BCUT2D eigenvalue weighted by molar-refractivity contribution is 0.0600. The third-order valence-electron chi connectivity index (χ3n) is 3.67. The third kappa shape index (κ3) is 4.59. The van der Waals surface area contributed by atoms with Crippen LogP contribution >= 0.6 is 11.6 Å². The van der Waals surface area contributed by atoms with Crippen molar-refractivity contribution in [2.45, 2.75) is 0 Å². The van der Waals surface area contributed by atoms with Gasteiger partial charge in [0.1, 0.15) is 5.69 Å². The number of ether oxygens (including phenoxy) is 1. The van der Waals surface area contributed by atoms with Crippen molar-refractivity contribution in [2.24, 2.45) is 5.10 Å². The van der Waals surface area contributed by atoms with E-state index in [0.29, 0.717) is 16.3 Å². The highest BCUT2D eigenvalue weighted by molar-refractivity contribution is 6.30. The number of hydrogen-bond acceptors (Lipinski definition) is 5. The summed E-state index contributed by atoms with van der Waals surface area (Å²) in [5.41, 5.74) is 5.31. The van der Waals surface area contributed by atoms with Gasteiger partial charge in [-0.05, 0) is 35.9 Å². The fourth-order valence-electron chi connectivity index (χ4n) is 2.26. The van der Waals surface area contributed by atoms with E-state index in [0.717, 1.165) is 11.1 Å². The largest absolute Gasteiger partial charge is 0.465 e. The van der Waals surface area contributed by atoms with Crippen molar-refractivity contribution >= 4 is 29.7 Å². The van der Waals surface area contributed by atoms with E-state index in [1.54, 1.807) is 42.5 Å². The van der Waals surface area contributed by atoms with Crippen LogP contribution < -0.4 is 5.43 Å². The molecule has 136 valence electrons.